The Morgan fingerprint density at radius 1 is 1.17 bits per heavy atom. The molecule has 0 saturated carbocycles. The summed E-state index contributed by atoms with van der Waals surface area (Å²) < 4.78 is 11.1. The first-order valence-electron chi connectivity index (χ1n) is 10.6. The number of aliphatic imine (C=N–C) groups is 1. The lowest BCUT2D eigenvalue weighted by Crippen LogP contribution is -2.48. The van der Waals surface area contributed by atoms with Crippen molar-refractivity contribution in [1.29, 1.82) is 0 Å². The highest BCUT2D eigenvalue weighted by Crippen LogP contribution is 2.15. The molecule has 30 heavy (non-hydrogen) atoms. The first-order valence-corrected chi connectivity index (χ1v) is 10.6. The van der Waals surface area contributed by atoms with Crippen molar-refractivity contribution in [2.75, 3.05) is 39.9 Å². The topological polar surface area (TPSA) is 75.2 Å². The summed E-state index contributed by atoms with van der Waals surface area (Å²) in [6.07, 6.45) is 2.22. The van der Waals surface area contributed by atoms with Crippen LogP contribution in [0.1, 0.15) is 49.5 Å². The molecule has 170 valence electrons. The number of hydrogen-bond acceptors (Lipinski definition) is 4. The number of amides is 1. The molecular weight excluding hydrogens is 495 g/mol. The zero-order chi connectivity index (χ0) is 21.1. The smallest absolute Gasteiger partial charge is 0.254 e. The summed E-state index contributed by atoms with van der Waals surface area (Å²) in [6, 6.07) is 7.77. The monoisotopic (exact) mass is 532 g/mol. The van der Waals surface area contributed by atoms with Crippen molar-refractivity contribution in [1.82, 2.24) is 15.5 Å². The average Bonchev–Trinajstić information content (AvgIpc) is 2.72. The van der Waals surface area contributed by atoms with Gasteiger partial charge in [0, 0.05) is 52.0 Å². The number of morpholine rings is 1. The van der Waals surface area contributed by atoms with Gasteiger partial charge in [-0.3, -0.25) is 9.79 Å². The predicted octanol–water partition coefficient (Wildman–Crippen LogP) is 3.04. The minimum absolute atomic E-state index is 0. The van der Waals surface area contributed by atoms with Crippen LogP contribution < -0.4 is 10.6 Å². The van der Waals surface area contributed by atoms with Crippen LogP contribution in [-0.4, -0.2) is 68.9 Å². The minimum Gasteiger partial charge on any atom is -0.382 e. The van der Waals surface area contributed by atoms with Crippen molar-refractivity contribution >= 4 is 35.8 Å². The fourth-order valence-corrected chi connectivity index (χ4v) is 3.38. The second-order valence-corrected chi connectivity index (χ2v) is 7.42. The number of guanidine groups is 1. The number of halogens is 1. The van der Waals surface area contributed by atoms with Crippen molar-refractivity contribution < 1.29 is 14.3 Å². The summed E-state index contributed by atoms with van der Waals surface area (Å²) in [5, 5.41) is 6.62. The number of ether oxygens (including phenoxy) is 2. The molecule has 0 radical (unpaired) electrons. The van der Waals surface area contributed by atoms with Gasteiger partial charge in [-0.25, -0.2) is 0 Å². The van der Waals surface area contributed by atoms with E-state index < -0.39 is 0 Å². The van der Waals surface area contributed by atoms with Crippen LogP contribution in [0.5, 0.6) is 0 Å². The Bertz CT molecular complexity index is 644. The summed E-state index contributed by atoms with van der Waals surface area (Å²) in [6.45, 7) is 10.4. The van der Waals surface area contributed by atoms with Gasteiger partial charge in [0.25, 0.3) is 5.91 Å². The molecule has 7 nitrogen and oxygen atoms in total. The van der Waals surface area contributed by atoms with Crippen LogP contribution in [0.25, 0.3) is 0 Å². The van der Waals surface area contributed by atoms with Gasteiger partial charge in [-0.15, -0.1) is 24.0 Å². The number of carbonyl (C=O) groups is 1. The standard InChI is InChI=1S/C22H36N4O3.HI/c1-5-28-13-7-6-12-24-22(23-4)25-14-19-8-10-20(11-9-19)21(27)26-15-17(2)29-18(3)16-26;/h8-11,17-18H,5-7,12-16H2,1-4H3,(H2,23,24,25);1H. The van der Waals surface area contributed by atoms with E-state index in [-0.39, 0.29) is 42.1 Å². The normalized spacial score (nSPS) is 19.2. The van der Waals surface area contributed by atoms with Crippen LogP contribution in [0.2, 0.25) is 0 Å². The van der Waals surface area contributed by atoms with Crippen LogP contribution in [-0.2, 0) is 16.0 Å². The van der Waals surface area contributed by atoms with Gasteiger partial charge in [0.05, 0.1) is 12.2 Å². The van der Waals surface area contributed by atoms with E-state index in [9.17, 15) is 4.79 Å². The first-order chi connectivity index (χ1) is 14.0. The number of rotatable bonds is 9. The van der Waals surface area contributed by atoms with Crippen molar-refractivity contribution in [3.05, 3.63) is 35.4 Å². The van der Waals surface area contributed by atoms with Crippen LogP contribution >= 0.6 is 24.0 Å². The number of benzene rings is 1. The highest BCUT2D eigenvalue weighted by molar-refractivity contribution is 14.0. The van der Waals surface area contributed by atoms with E-state index in [1.54, 1.807) is 7.05 Å². The maximum atomic E-state index is 12.7. The van der Waals surface area contributed by atoms with Crippen LogP contribution in [0.4, 0.5) is 0 Å². The van der Waals surface area contributed by atoms with Crippen molar-refractivity contribution in [3.8, 4) is 0 Å². The van der Waals surface area contributed by atoms with Gasteiger partial charge in [0.1, 0.15) is 0 Å². The lowest BCUT2D eigenvalue weighted by molar-refractivity contribution is -0.0586. The Morgan fingerprint density at radius 2 is 1.83 bits per heavy atom. The van der Waals surface area contributed by atoms with Crippen LogP contribution in [0.3, 0.4) is 0 Å². The van der Waals surface area contributed by atoms with E-state index in [1.807, 2.05) is 49.9 Å². The third-order valence-electron chi connectivity index (χ3n) is 4.80. The van der Waals surface area contributed by atoms with E-state index in [4.69, 9.17) is 9.47 Å². The molecule has 2 unspecified atom stereocenters. The van der Waals surface area contributed by atoms with Gasteiger partial charge in [0.15, 0.2) is 5.96 Å². The van der Waals surface area contributed by atoms with Crippen molar-refractivity contribution in [2.45, 2.75) is 52.4 Å². The molecule has 2 atom stereocenters. The summed E-state index contributed by atoms with van der Waals surface area (Å²) in [5.74, 6) is 0.842. The summed E-state index contributed by atoms with van der Waals surface area (Å²) in [7, 11) is 1.77. The summed E-state index contributed by atoms with van der Waals surface area (Å²) in [5.41, 5.74) is 1.82. The van der Waals surface area contributed by atoms with Gasteiger partial charge in [0.2, 0.25) is 0 Å². The van der Waals surface area contributed by atoms with E-state index in [0.717, 1.165) is 44.1 Å². The molecule has 1 fully saturated rings. The maximum absolute atomic E-state index is 12.7. The molecule has 2 N–H and O–H groups in total. The second kappa shape index (κ2) is 14.6. The molecule has 1 saturated heterocycles. The Morgan fingerprint density at radius 3 is 2.43 bits per heavy atom. The van der Waals surface area contributed by atoms with Crippen LogP contribution in [0.15, 0.2) is 29.3 Å². The Balaban J connectivity index is 0.00000450. The zero-order valence-corrected chi connectivity index (χ0v) is 21.0. The minimum atomic E-state index is 0. The van der Waals surface area contributed by atoms with Gasteiger partial charge >= 0.3 is 0 Å². The molecule has 0 spiro atoms. The van der Waals surface area contributed by atoms with Crippen LogP contribution in [0, 0.1) is 0 Å². The quantitative estimate of drug-likeness (QED) is 0.222. The first kappa shape index (κ1) is 26.6. The second-order valence-electron chi connectivity index (χ2n) is 7.42. The Labute approximate surface area is 198 Å². The third-order valence-corrected chi connectivity index (χ3v) is 4.80. The largest absolute Gasteiger partial charge is 0.382 e. The van der Waals surface area contributed by atoms with Gasteiger partial charge < -0.3 is 25.0 Å². The van der Waals surface area contributed by atoms with E-state index in [2.05, 4.69) is 15.6 Å². The average molecular weight is 532 g/mol. The molecule has 1 aliphatic rings. The molecule has 1 aromatic carbocycles. The third kappa shape index (κ3) is 9.18. The zero-order valence-electron chi connectivity index (χ0n) is 18.6. The molecule has 1 aliphatic heterocycles. The molecular formula is C22H37IN4O3. The van der Waals surface area contributed by atoms with E-state index in [0.29, 0.717) is 25.2 Å². The van der Waals surface area contributed by atoms with Gasteiger partial charge in [-0.1, -0.05) is 12.1 Å². The predicted molar refractivity (Wildman–Crippen MR) is 132 cm³/mol. The van der Waals surface area contributed by atoms with E-state index >= 15 is 0 Å². The van der Waals surface area contributed by atoms with Crippen molar-refractivity contribution in [3.63, 3.8) is 0 Å². The maximum Gasteiger partial charge on any atom is 0.254 e. The summed E-state index contributed by atoms with van der Waals surface area (Å²) >= 11 is 0. The number of hydrogen-bond donors (Lipinski definition) is 2. The van der Waals surface area contributed by atoms with Crippen molar-refractivity contribution in [2.24, 2.45) is 4.99 Å². The number of unbranched alkanes of at least 4 members (excludes halogenated alkanes) is 1. The number of nitrogens with one attached hydrogen (secondary N) is 2. The van der Waals surface area contributed by atoms with Gasteiger partial charge in [-0.2, -0.15) is 0 Å². The summed E-state index contributed by atoms with van der Waals surface area (Å²) in [4.78, 5) is 18.9. The highest BCUT2D eigenvalue weighted by Gasteiger charge is 2.26. The molecule has 0 aromatic heterocycles. The number of carbonyl (C=O) groups excluding carboxylic acids is 1. The fourth-order valence-electron chi connectivity index (χ4n) is 3.38. The fraction of sp³-hybridized carbons (Fsp3) is 0.636. The van der Waals surface area contributed by atoms with E-state index in [1.165, 1.54) is 0 Å². The molecule has 2 rings (SSSR count). The molecule has 0 aliphatic carbocycles. The van der Waals surface area contributed by atoms with Gasteiger partial charge in [-0.05, 0) is 51.3 Å². The lowest BCUT2D eigenvalue weighted by Gasteiger charge is -2.35. The number of nitrogens with zero attached hydrogens (tertiary/aromatic N) is 2. The SMILES string of the molecule is CCOCCCCNC(=NC)NCc1ccc(C(=O)N2CC(C)OC(C)C2)cc1.I. The molecule has 1 amide bonds. The molecule has 1 aromatic rings. The molecule has 0 bridgehead atoms. The Hall–Kier alpha value is -1.39. The molecule has 1 heterocycles. The molecule has 8 heteroatoms. The Kier molecular flexibility index (Phi) is 13.0. The lowest BCUT2D eigenvalue weighted by atomic mass is 10.1. The highest BCUT2D eigenvalue weighted by atomic mass is 127.